The Hall–Kier alpha value is -2.41. The Morgan fingerprint density at radius 3 is 2.39 bits per heavy atom. The second kappa shape index (κ2) is 7.73. The van der Waals surface area contributed by atoms with Crippen LogP contribution in [-0.2, 0) is 9.53 Å². The van der Waals surface area contributed by atoms with E-state index in [9.17, 15) is 14.4 Å². The van der Waals surface area contributed by atoms with Crippen molar-refractivity contribution in [1.82, 2.24) is 0 Å². The number of benzene rings is 1. The molecule has 7 heteroatoms. The molecule has 6 nitrogen and oxygen atoms in total. The van der Waals surface area contributed by atoms with Crippen LogP contribution in [0.1, 0.15) is 34.3 Å². The van der Waals surface area contributed by atoms with Gasteiger partial charge in [0.05, 0.1) is 0 Å². The fourth-order valence-corrected chi connectivity index (χ4v) is 2.00. The molecule has 0 spiro atoms. The number of halogens is 1. The molecule has 0 aliphatic carbocycles. The largest absolute Gasteiger partial charge is 0.451 e. The molecule has 2 aromatic rings. The van der Waals surface area contributed by atoms with Crippen molar-refractivity contribution in [3.63, 3.8) is 0 Å². The number of amides is 1. The number of ketones is 1. The van der Waals surface area contributed by atoms with Crippen LogP contribution in [0.2, 0.25) is 0 Å². The van der Waals surface area contributed by atoms with Gasteiger partial charge in [-0.05, 0) is 52.3 Å². The minimum absolute atomic E-state index is 0.0160. The van der Waals surface area contributed by atoms with Gasteiger partial charge in [0.2, 0.25) is 11.7 Å². The summed E-state index contributed by atoms with van der Waals surface area (Å²) in [6.07, 6.45) is 0.375. The number of esters is 1. The van der Waals surface area contributed by atoms with E-state index in [1.165, 1.54) is 6.07 Å². The van der Waals surface area contributed by atoms with Crippen LogP contribution in [0, 0.1) is 0 Å². The first-order valence-corrected chi connectivity index (χ1v) is 7.64. The van der Waals surface area contributed by atoms with Gasteiger partial charge in [-0.1, -0.05) is 6.92 Å². The molecule has 0 bridgehead atoms. The van der Waals surface area contributed by atoms with Gasteiger partial charge in [0.25, 0.3) is 0 Å². The maximum atomic E-state index is 12.0. The van der Waals surface area contributed by atoms with Crippen molar-refractivity contribution >= 4 is 39.3 Å². The average molecular weight is 380 g/mol. The summed E-state index contributed by atoms with van der Waals surface area (Å²) in [5.41, 5.74) is 0.985. The standard InChI is InChI=1S/C16H14BrNO5/c1-2-15(20)18-11-5-3-10(4-6-11)12(19)9-22-16(21)13-7-8-14(17)23-13/h3-8H,2,9H2,1H3,(H,18,20). The quantitative estimate of drug-likeness (QED) is 0.613. The molecule has 1 aromatic heterocycles. The van der Waals surface area contributed by atoms with Gasteiger partial charge in [0.1, 0.15) is 0 Å². The average Bonchev–Trinajstić information content (AvgIpc) is 2.99. The predicted molar refractivity (Wildman–Crippen MR) is 86.4 cm³/mol. The number of Topliss-reactive ketones (excluding diaryl/α,β-unsaturated/α-hetero) is 1. The molecule has 0 unspecified atom stereocenters. The third-order valence-corrected chi connectivity index (χ3v) is 3.35. The van der Waals surface area contributed by atoms with Gasteiger partial charge >= 0.3 is 5.97 Å². The van der Waals surface area contributed by atoms with E-state index >= 15 is 0 Å². The van der Waals surface area contributed by atoms with Gasteiger partial charge in [-0.15, -0.1) is 0 Å². The molecule has 23 heavy (non-hydrogen) atoms. The Kier molecular flexibility index (Phi) is 5.70. The number of carbonyl (C=O) groups excluding carboxylic acids is 3. The molecule has 1 amide bonds. The Labute approximate surface area is 140 Å². The van der Waals surface area contributed by atoms with Gasteiger partial charge in [0.15, 0.2) is 17.1 Å². The summed E-state index contributed by atoms with van der Waals surface area (Å²) in [7, 11) is 0. The minimum Gasteiger partial charge on any atom is -0.451 e. The number of hydrogen-bond acceptors (Lipinski definition) is 5. The van der Waals surface area contributed by atoms with Crippen molar-refractivity contribution < 1.29 is 23.5 Å². The lowest BCUT2D eigenvalue weighted by molar-refractivity contribution is -0.115. The van der Waals surface area contributed by atoms with Gasteiger partial charge in [0, 0.05) is 17.7 Å². The zero-order chi connectivity index (χ0) is 16.8. The van der Waals surface area contributed by atoms with Crippen LogP contribution < -0.4 is 5.32 Å². The van der Waals surface area contributed by atoms with Crippen LogP contribution in [-0.4, -0.2) is 24.3 Å². The number of nitrogens with one attached hydrogen (secondary N) is 1. The smallest absolute Gasteiger partial charge is 0.374 e. The van der Waals surface area contributed by atoms with E-state index in [0.717, 1.165) is 0 Å². The number of anilines is 1. The van der Waals surface area contributed by atoms with Crippen molar-refractivity contribution in [1.29, 1.82) is 0 Å². The first-order chi connectivity index (χ1) is 11.0. The lowest BCUT2D eigenvalue weighted by Gasteiger charge is -2.05. The third kappa shape index (κ3) is 4.79. The maximum Gasteiger partial charge on any atom is 0.374 e. The van der Waals surface area contributed by atoms with Crippen molar-refractivity contribution in [2.24, 2.45) is 0 Å². The minimum atomic E-state index is -0.712. The first-order valence-electron chi connectivity index (χ1n) is 6.85. The molecule has 0 aliphatic rings. The summed E-state index contributed by atoms with van der Waals surface area (Å²) in [6.45, 7) is 1.36. The van der Waals surface area contributed by atoms with Crippen LogP contribution in [0.15, 0.2) is 45.5 Å². The number of hydrogen-bond donors (Lipinski definition) is 1. The predicted octanol–water partition coefficient (Wildman–Crippen LogP) is 3.43. The third-order valence-electron chi connectivity index (χ3n) is 2.92. The van der Waals surface area contributed by atoms with Crippen molar-refractivity contribution in [3.05, 3.63) is 52.4 Å². The molecule has 0 aliphatic heterocycles. The number of ether oxygens (including phenoxy) is 1. The molecular formula is C16H14BrNO5. The lowest BCUT2D eigenvalue weighted by Crippen LogP contribution is -2.14. The van der Waals surface area contributed by atoms with Crippen molar-refractivity contribution in [3.8, 4) is 0 Å². The summed E-state index contributed by atoms with van der Waals surface area (Å²) < 4.78 is 10.3. The monoisotopic (exact) mass is 379 g/mol. The Bertz CT molecular complexity index is 720. The fraction of sp³-hybridized carbons (Fsp3) is 0.188. The number of rotatable bonds is 6. The van der Waals surface area contributed by atoms with Crippen LogP contribution in [0.3, 0.4) is 0 Å². The van der Waals surface area contributed by atoms with Crippen LogP contribution >= 0.6 is 15.9 Å². The maximum absolute atomic E-state index is 12.0. The molecule has 1 heterocycles. The zero-order valence-corrected chi connectivity index (χ0v) is 13.9. The highest BCUT2D eigenvalue weighted by atomic mass is 79.9. The van der Waals surface area contributed by atoms with Crippen LogP contribution in [0.25, 0.3) is 0 Å². The molecular weight excluding hydrogens is 366 g/mol. The molecule has 0 atom stereocenters. The Morgan fingerprint density at radius 2 is 1.83 bits per heavy atom. The van der Waals surface area contributed by atoms with Gasteiger partial charge in [-0.3, -0.25) is 9.59 Å². The van der Waals surface area contributed by atoms with Crippen LogP contribution in [0.4, 0.5) is 5.69 Å². The van der Waals surface area contributed by atoms with Gasteiger partial charge < -0.3 is 14.5 Å². The van der Waals surface area contributed by atoms with Crippen molar-refractivity contribution in [2.75, 3.05) is 11.9 Å². The molecule has 2 rings (SSSR count). The Balaban J connectivity index is 1.90. The highest BCUT2D eigenvalue weighted by Crippen LogP contribution is 2.15. The topological polar surface area (TPSA) is 85.6 Å². The summed E-state index contributed by atoms with van der Waals surface area (Å²) >= 11 is 3.07. The lowest BCUT2D eigenvalue weighted by atomic mass is 10.1. The van der Waals surface area contributed by atoms with Crippen LogP contribution in [0.5, 0.6) is 0 Å². The normalized spacial score (nSPS) is 10.2. The summed E-state index contributed by atoms with van der Waals surface area (Å²) in [4.78, 5) is 34.9. The summed E-state index contributed by atoms with van der Waals surface area (Å²) in [5, 5.41) is 2.68. The van der Waals surface area contributed by atoms with E-state index in [4.69, 9.17) is 9.15 Å². The van der Waals surface area contributed by atoms with Gasteiger partial charge in [-0.25, -0.2) is 4.79 Å². The highest BCUT2D eigenvalue weighted by Gasteiger charge is 2.15. The van der Waals surface area contributed by atoms with E-state index in [1.807, 2.05) is 0 Å². The first kappa shape index (κ1) is 17.0. The number of furan rings is 1. The number of carbonyl (C=O) groups is 3. The fourth-order valence-electron chi connectivity index (χ4n) is 1.70. The van der Waals surface area contributed by atoms with Gasteiger partial charge in [-0.2, -0.15) is 0 Å². The molecule has 120 valence electrons. The zero-order valence-electron chi connectivity index (χ0n) is 12.3. The second-order valence-corrected chi connectivity index (χ2v) is 5.36. The summed E-state index contributed by atoms with van der Waals surface area (Å²) in [5.74, 6) is -1.15. The Morgan fingerprint density at radius 1 is 1.13 bits per heavy atom. The molecule has 0 saturated carbocycles. The molecule has 0 saturated heterocycles. The SMILES string of the molecule is CCC(=O)Nc1ccc(C(=O)COC(=O)c2ccc(Br)o2)cc1. The van der Waals surface area contributed by atoms with E-state index in [-0.39, 0.29) is 17.5 Å². The molecule has 1 N–H and O–H groups in total. The molecule has 0 radical (unpaired) electrons. The van der Waals surface area contributed by atoms with E-state index in [0.29, 0.717) is 22.3 Å². The van der Waals surface area contributed by atoms with E-state index < -0.39 is 12.6 Å². The van der Waals surface area contributed by atoms with E-state index in [2.05, 4.69) is 21.2 Å². The molecule has 1 aromatic carbocycles. The summed E-state index contributed by atoms with van der Waals surface area (Å²) in [6, 6.07) is 9.36. The second-order valence-electron chi connectivity index (χ2n) is 4.58. The highest BCUT2D eigenvalue weighted by molar-refractivity contribution is 9.10. The van der Waals surface area contributed by atoms with Crippen molar-refractivity contribution in [2.45, 2.75) is 13.3 Å². The van der Waals surface area contributed by atoms with E-state index in [1.54, 1.807) is 37.3 Å². The molecule has 0 fully saturated rings.